The van der Waals surface area contributed by atoms with Crippen LogP contribution >= 0.6 is 11.9 Å². The van der Waals surface area contributed by atoms with Crippen LogP contribution in [0, 0.1) is 5.92 Å². The highest BCUT2D eigenvalue weighted by Crippen LogP contribution is 2.31. The molecule has 10 heteroatoms. The molecule has 0 radical (unpaired) electrons. The molecule has 0 aliphatic carbocycles. The normalized spacial score (nSPS) is 18.6. The van der Waals surface area contributed by atoms with Crippen LogP contribution in [0.5, 0.6) is 0 Å². The fourth-order valence-electron chi connectivity index (χ4n) is 4.38. The molecule has 1 fully saturated rings. The number of hydrogen-bond acceptors (Lipinski definition) is 7. The third-order valence-electron chi connectivity index (χ3n) is 6.39. The van der Waals surface area contributed by atoms with E-state index in [9.17, 15) is 4.39 Å². The van der Waals surface area contributed by atoms with E-state index in [1.807, 2.05) is 63.3 Å². The van der Waals surface area contributed by atoms with Crippen molar-refractivity contribution >= 4 is 17.8 Å². The summed E-state index contributed by atoms with van der Waals surface area (Å²) in [5.41, 5.74) is 4.75. The minimum atomic E-state index is -0.872. The van der Waals surface area contributed by atoms with Gasteiger partial charge in [0.15, 0.2) is 5.82 Å². The van der Waals surface area contributed by atoms with Gasteiger partial charge in [0.05, 0.1) is 12.4 Å². The van der Waals surface area contributed by atoms with Gasteiger partial charge in [-0.2, -0.15) is 10.2 Å². The molecular formula is C25H29FN8S. The quantitative estimate of drug-likeness (QED) is 0.386. The lowest BCUT2D eigenvalue weighted by atomic mass is 9.96. The second-order valence-electron chi connectivity index (χ2n) is 8.86. The van der Waals surface area contributed by atoms with Crippen LogP contribution in [-0.2, 0) is 14.1 Å². The smallest absolute Gasteiger partial charge is 0.161 e. The van der Waals surface area contributed by atoms with Gasteiger partial charge in [0.2, 0.25) is 0 Å². The van der Waals surface area contributed by atoms with Crippen molar-refractivity contribution in [3.8, 4) is 33.6 Å². The molecule has 0 amide bonds. The lowest BCUT2D eigenvalue weighted by Crippen LogP contribution is -2.40. The van der Waals surface area contributed by atoms with Crippen LogP contribution in [0.25, 0.3) is 33.6 Å². The van der Waals surface area contributed by atoms with Crippen LogP contribution in [-0.4, -0.2) is 65.9 Å². The summed E-state index contributed by atoms with van der Waals surface area (Å²) in [7, 11) is 3.78. The molecule has 0 saturated carbocycles. The topological polar surface area (TPSA) is 76.7 Å². The Balaban J connectivity index is 1.44. The van der Waals surface area contributed by atoms with E-state index in [0.29, 0.717) is 24.7 Å². The molecular weight excluding hydrogens is 463 g/mol. The first-order valence-corrected chi connectivity index (χ1v) is 12.8. The average Bonchev–Trinajstić information content (AvgIpc) is 3.51. The van der Waals surface area contributed by atoms with Crippen LogP contribution in [0.15, 0.2) is 55.2 Å². The molecule has 1 aromatic carbocycles. The summed E-state index contributed by atoms with van der Waals surface area (Å²) in [6.07, 6.45) is 11.3. The molecule has 4 heterocycles. The van der Waals surface area contributed by atoms with Crippen LogP contribution in [0.3, 0.4) is 0 Å². The maximum absolute atomic E-state index is 14.8. The molecule has 2 atom stereocenters. The molecule has 182 valence electrons. The van der Waals surface area contributed by atoms with Gasteiger partial charge in [0.25, 0.3) is 0 Å². The van der Waals surface area contributed by atoms with Crippen molar-refractivity contribution < 1.29 is 4.39 Å². The maximum atomic E-state index is 14.8. The second kappa shape index (κ2) is 10.2. The van der Waals surface area contributed by atoms with Crippen LogP contribution < -0.4 is 5.32 Å². The number of nitrogens with zero attached hydrogens (tertiary/aromatic N) is 7. The Bertz CT molecular complexity index is 1300. The lowest BCUT2D eigenvalue weighted by Gasteiger charge is -2.33. The number of alkyl halides is 1. The number of anilines is 1. The highest BCUT2D eigenvalue weighted by atomic mass is 32.2. The summed E-state index contributed by atoms with van der Waals surface area (Å²) < 4.78 is 20.4. The number of aromatic nitrogens is 6. The average molecular weight is 493 g/mol. The molecule has 1 aliphatic heterocycles. The van der Waals surface area contributed by atoms with Gasteiger partial charge in [-0.1, -0.05) is 30.1 Å². The molecule has 2 unspecified atom stereocenters. The number of benzene rings is 1. The van der Waals surface area contributed by atoms with E-state index in [0.717, 1.165) is 40.8 Å². The maximum Gasteiger partial charge on any atom is 0.161 e. The van der Waals surface area contributed by atoms with Crippen LogP contribution in [0.1, 0.15) is 6.42 Å². The van der Waals surface area contributed by atoms with Crippen molar-refractivity contribution in [1.82, 2.24) is 33.8 Å². The van der Waals surface area contributed by atoms with E-state index in [-0.39, 0.29) is 5.92 Å². The van der Waals surface area contributed by atoms with E-state index < -0.39 is 6.17 Å². The summed E-state index contributed by atoms with van der Waals surface area (Å²) in [5.74, 6) is 1.24. The van der Waals surface area contributed by atoms with Gasteiger partial charge in [-0.15, -0.1) is 0 Å². The van der Waals surface area contributed by atoms with Gasteiger partial charge in [-0.25, -0.2) is 18.7 Å². The molecule has 35 heavy (non-hydrogen) atoms. The van der Waals surface area contributed by atoms with Gasteiger partial charge >= 0.3 is 0 Å². The SMILES string of the molecule is CSN1CCC(CNc2nc(-c3cccc(-c4cnn(C)c4)c3)ncc2-c2cnn(C)c2)C(F)C1. The molecule has 0 spiro atoms. The number of hydrogen-bond donors (Lipinski definition) is 1. The van der Waals surface area contributed by atoms with Gasteiger partial charge in [-0.3, -0.25) is 9.36 Å². The van der Waals surface area contributed by atoms with E-state index >= 15 is 0 Å². The highest BCUT2D eigenvalue weighted by molar-refractivity contribution is 7.96. The second-order valence-corrected chi connectivity index (χ2v) is 9.74. The zero-order chi connectivity index (χ0) is 24.4. The number of halogens is 1. The predicted octanol–water partition coefficient (Wildman–Crippen LogP) is 4.29. The van der Waals surface area contributed by atoms with Gasteiger partial charge in [0, 0.05) is 80.5 Å². The predicted molar refractivity (Wildman–Crippen MR) is 138 cm³/mol. The third-order valence-corrected chi connectivity index (χ3v) is 7.24. The van der Waals surface area contributed by atoms with E-state index in [1.165, 1.54) is 0 Å². The Morgan fingerprint density at radius 3 is 2.46 bits per heavy atom. The molecule has 3 aromatic heterocycles. The number of aryl methyl sites for hydroxylation is 2. The van der Waals surface area contributed by atoms with E-state index in [1.54, 1.807) is 27.5 Å². The largest absolute Gasteiger partial charge is 0.369 e. The summed E-state index contributed by atoms with van der Waals surface area (Å²) >= 11 is 1.61. The minimum Gasteiger partial charge on any atom is -0.369 e. The molecule has 0 bridgehead atoms. The molecule has 8 nitrogen and oxygen atoms in total. The Kier molecular flexibility index (Phi) is 6.83. The lowest BCUT2D eigenvalue weighted by molar-refractivity contribution is 0.147. The Labute approximate surface area is 208 Å². The van der Waals surface area contributed by atoms with Crippen LogP contribution in [0.4, 0.5) is 10.2 Å². The van der Waals surface area contributed by atoms with Gasteiger partial charge < -0.3 is 5.32 Å². The van der Waals surface area contributed by atoms with Crippen molar-refractivity contribution in [3.05, 3.63) is 55.2 Å². The van der Waals surface area contributed by atoms with E-state index in [4.69, 9.17) is 4.98 Å². The molecule has 4 aromatic rings. The van der Waals surface area contributed by atoms with Crippen molar-refractivity contribution in [1.29, 1.82) is 0 Å². The van der Waals surface area contributed by atoms with Gasteiger partial charge in [-0.05, 0) is 24.3 Å². The monoisotopic (exact) mass is 492 g/mol. The zero-order valence-corrected chi connectivity index (χ0v) is 20.9. The molecule has 1 N–H and O–H groups in total. The van der Waals surface area contributed by atoms with Crippen LogP contribution in [0.2, 0.25) is 0 Å². The fourth-order valence-corrected chi connectivity index (χ4v) is 4.96. The summed E-state index contributed by atoms with van der Waals surface area (Å²) in [4.78, 5) is 9.57. The standard InChI is InChI=1S/C25H29FN8S/c1-32-14-20(11-29-32)17-5-4-6-18(9-17)24-28-13-22(21-12-30-33(2)15-21)25(31-24)27-10-19-7-8-34(35-3)16-23(19)26/h4-6,9,11-15,19,23H,7-8,10,16H2,1-3H3,(H,27,28,31). The fraction of sp³-hybridized carbons (Fsp3) is 0.360. The first kappa shape index (κ1) is 23.5. The first-order chi connectivity index (χ1) is 17.0. The Hall–Kier alpha value is -3.24. The number of rotatable bonds is 7. The zero-order valence-electron chi connectivity index (χ0n) is 20.1. The number of piperidine rings is 1. The van der Waals surface area contributed by atoms with Crippen molar-refractivity contribution in [2.24, 2.45) is 20.0 Å². The highest BCUT2D eigenvalue weighted by Gasteiger charge is 2.29. The molecule has 1 saturated heterocycles. The van der Waals surface area contributed by atoms with Gasteiger partial charge in [0.1, 0.15) is 12.0 Å². The number of nitrogens with one attached hydrogen (secondary N) is 1. The van der Waals surface area contributed by atoms with Crippen molar-refractivity contribution in [2.45, 2.75) is 12.6 Å². The van der Waals surface area contributed by atoms with E-state index in [2.05, 4.69) is 30.9 Å². The van der Waals surface area contributed by atoms with Crippen molar-refractivity contribution in [2.75, 3.05) is 31.2 Å². The Morgan fingerprint density at radius 1 is 1.03 bits per heavy atom. The first-order valence-electron chi connectivity index (χ1n) is 11.6. The molecule has 5 rings (SSSR count). The summed E-state index contributed by atoms with van der Waals surface area (Å²) in [5, 5.41) is 12.0. The summed E-state index contributed by atoms with van der Waals surface area (Å²) in [6, 6.07) is 8.11. The summed E-state index contributed by atoms with van der Waals surface area (Å²) in [6.45, 7) is 1.86. The third kappa shape index (κ3) is 5.23. The Morgan fingerprint density at radius 2 is 1.77 bits per heavy atom. The van der Waals surface area contributed by atoms with Crippen molar-refractivity contribution in [3.63, 3.8) is 0 Å². The molecule has 1 aliphatic rings. The minimum absolute atomic E-state index is 0.0625.